The van der Waals surface area contributed by atoms with Crippen molar-refractivity contribution in [2.24, 2.45) is 23.2 Å². The third kappa shape index (κ3) is 1.58. The van der Waals surface area contributed by atoms with E-state index in [-0.39, 0.29) is 41.0 Å². The molecule has 0 aromatic carbocycles. The third-order valence-corrected chi connectivity index (χ3v) is 5.83. The zero-order valence-electron chi connectivity index (χ0n) is 12.4. The Bertz CT molecular complexity index is 595. The largest absolute Gasteiger partial charge is 0.458 e. The molecule has 3 saturated carbocycles. The topological polar surface area (TPSA) is 78.9 Å². The van der Waals surface area contributed by atoms with Crippen molar-refractivity contribution in [1.29, 1.82) is 0 Å². The van der Waals surface area contributed by atoms with E-state index in [1.54, 1.807) is 0 Å². The first-order valence-electron chi connectivity index (χ1n) is 7.66. The molecular weight excluding hydrogens is 288 g/mol. The van der Waals surface area contributed by atoms with Crippen molar-refractivity contribution in [3.05, 3.63) is 12.2 Å². The molecule has 6 unspecified atom stereocenters. The molecule has 6 atom stereocenters. The fraction of sp³-hybridized carbons (Fsp3) is 0.688. The molecule has 4 fully saturated rings. The van der Waals surface area contributed by atoms with Crippen LogP contribution in [0.5, 0.6) is 0 Å². The molecule has 4 aliphatic rings. The molecule has 22 heavy (non-hydrogen) atoms. The van der Waals surface area contributed by atoms with Crippen molar-refractivity contribution < 1.29 is 28.6 Å². The Labute approximate surface area is 127 Å². The van der Waals surface area contributed by atoms with Gasteiger partial charge in [-0.05, 0) is 32.1 Å². The van der Waals surface area contributed by atoms with E-state index < -0.39 is 18.5 Å². The summed E-state index contributed by atoms with van der Waals surface area (Å²) in [5, 5.41) is 0. The number of esters is 3. The van der Waals surface area contributed by atoms with Gasteiger partial charge in [-0.25, -0.2) is 9.59 Å². The smallest absolute Gasteiger partial charge is 0.344 e. The van der Waals surface area contributed by atoms with Crippen LogP contribution in [0.15, 0.2) is 12.2 Å². The zero-order chi connectivity index (χ0) is 15.6. The molecule has 0 radical (unpaired) electrons. The minimum absolute atomic E-state index is 0.00237. The van der Waals surface area contributed by atoms with Gasteiger partial charge >= 0.3 is 17.9 Å². The Morgan fingerprint density at radius 3 is 2.91 bits per heavy atom. The number of rotatable bonds is 4. The summed E-state index contributed by atoms with van der Waals surface area (Å²) < 4.78 is 15.7. The minimum atomic E-state index is -0.616. The van der Waals surface area contributed by atoms with Crippen molar-refractivity contribution in [3.8, 4) is 0 Å². The van der Waals surface area contributed by atoms with Gasteiger partial charge in [0.15, 0.2) is 6.61 Å². The summed E-state index contributed by atoms with van der Waals surface area (Å²) in [6.07, 6.45) is 2.24. The van der Waals surface area contributed by atoms with E-state index in [1.165, 1.54) is 6.92 Å². The normalized spacial score (nSPS) is 43.1. The van der Waals surface area contributed by atoms with Crippen LogP contribution >= 0.6 is 0 Å². The summed E-state index contributed by atoms with van der Waals surface area (Å²) in [4.78, 5) is 35.1. The monoisotopic (exact) mass is 306 g/mol. The summed E-state index contributed by atoms with van der Waals surface area (Å²) in [5.41, 5.74) is 0.150. The molecule has 1 spiro atoms. The van der Waals surface area contributed by atoms with Crippen LogP contribution in [-0.4, -0.2) is 36.7 Å². The molecule has 6 heteroatoms. The predicted molar refractivity (Wildman–Crippen MR) is 72.3 cm³/mol. The average molecular weight is 306 g/mol. The van der Waals surface area contributed by atoms with Gasteiger partial charge in [0.1, 0.15) is 12.2 Å². The van der Waals surface area contributed by atoms with Gasteiger partial charge in [0.2, 0.25) is 0 Å². The SMILES string of the molecule is C=C(C)C(=O)OCC(=O)OC1C2CC3CC4C(=O)OC1C42C3. The van der Waals surface area contributed by atoms with Crippen LogP contribution in [-0.2, 0) is 28.6 Å². The van der Waals surface area contributed by atoms with Gasteiger partial charge in [-0.3, -0.25) is 4.79 Å². The van der Waals surface area contributed by atoms with Crippen LogP contribution in [0.4, 0.5) is 0 Å². The first-order chi connectivity index (χ1) is 10.4. The molecule has 2 bridgehead atoms. The quantitative estimate of drug-likeness (QED) is 0.438. The van der Waals surface area contributed by atoms with E-state index in [1.807, 2.05) is 0 Å². The fourth-order valence-electron chi connectivity index (χ4n) is 5.09. The second-order valence-corrected chi connectivity index (χ2v) is 6.98. The predicted octanol–water partition coefficient (Wildman–Crippen LogP) is 0.989. The van der Waals surface area contributed by atoms with E-state index in [9.17, 15) is 14.4 Å². The maximum absolute atomic E-state index is 12.0. The highest BCUT2D eigenvalue weighted by Crippen LogP contribution is 2.74. The molecule has 1 saturated heterocycles. The molecule has 0 aromatic heterocycles. The Kier molecular flexibility index (Phi) is 2.72. The van der Waals surface area contributed by atoms with Gasteiger partial charge in [-0.15, -0.1) is 0 Å². The van der Waals surface area contributed by atoms with Gasteiger partial charge in [0, 0.05) is 16.9 Å². The minimum Gasteiger partial charge on any atom is -0.458 e. The van der Waals surface area contributed by atoms with Gasteiger partial charge in [0.05, 0.1) is 5.92 Å². The lowest BCUT2D eigenvalue weighted by molar-refractivity contribution is -0.215. The molecule has 0 N–H and O–H groups in total. The summed E-state index contributed by atoms with van der Waals surface area (Å²) in [6.45, 7) is 4.52. The lowest BCUT2D eigenvalue weighted by Crippen LogP contribution is -2.63. The van der Waals surface area contributed by atoms with Crippen molar-refractivity contribution in [2.45, 2.75) is 38.4 Å². The molecule has 1 aliphatic heterocycles. The summed E-state index contributed by atoms with van der Waals surface area (Å²) in [7, 11) is 0. The highest BCUT2D eigenvalue weighted by atomic mass is 16.6. The second-order valence-electron chi connectivity index (χ2n) is 6.98. The van der Waals surface area contributed by atoms with E-state index in [0.29, 0.717) is 5.92 Å². The van der Waals surface area contributed by atoms with Crippen molar-refractivity contribution in [1.82, 2.24) is 0 Å². The highest BCUT2D eigenvalue weighted by Gasteiger charge is 2.80. The van der Waals surface area contributed by atoms with Crippen LogP contribution in [0, 0.1) is 23.2 Å². The lowest BCUT2D eigenvalue weighted by atomic mass is 9.53. The van der Waals surface area contributed by atoms with E-state index >= 15 is 0 Å². The Balaban J connectivity index is 1.39. The Hall–Kier alpha value is -1.85. The van der Waals surface area contributed by atoms with Crippen LogP contribution < -0.4 is 0 Å². The van der Waals surface area contributed by atoms with Crippen LogP contribution in [0.2, 0.25) is 0 Å². The standard InChI is InChI=1S/C16H18O6/c1-7(2)14(18)20-6-11(17)21-12-9-3-8-4-10-15(19)22-13(12)16(9,10)5-8/h8-10,12-13H,1,3-6H2,2H3. The van der Waals surface area contributed by atoms with E-state index in [4.69, 9.17) is 14.2 Å². The summed E-state index contributed by atoms with van der Waals surface area (Å²) in [5.74, 6) is -0.586. The number of carbonyl (C=O) groups excluding carboxylic acids is 3. The maximum Gasteiger partial charge on any atom is 0.344 e. The van der Waals surface area contributed by atoms with Crippen molar-refractivity contribution >= 4 is 17.9 Å². The van der Waals surface area contributed by atoms with Gasteiger partial charge in [0.25, 0.3) is 0 Å². The maximum atomic E-state index is 12.0. The van der Waals surface area contributed by atoms with Gasteiger partial charge in [-0.2, -0.15) is 0 Å². The van der Waals surface area contributed by atoms with Gasteiger partial charge in [-0.1, -0.05) is 6.58 Å². The summed E-state index contributed by atoms with van der Waals surface area (Å²) >= 11 is 0. The molecule has 3 aliphatic carbocycles. The number of carbonyl (C=O) groups is 3. The average Bonchev–Trinajstić information content (AvgIpc) is 3.10. The molecule has 0 amide bonds. The third-order valence-electron chi connectivity index (χ3n) is 5.83. The first-order valence-corrected chi connectivity index (χ1v) is 7.66. The molecule has 118 valence electrons. The molecular formula is C16H18O6. The number of hydrogen-bond donors (Lipinski definition) is 0. The number of hydrogen-bond acceptors (Lipinski definition) is 6. The molecule has 0 aromatic rings. The van der Waals surface area contributed by atoms with Crippen LogP contribution in [0.3, 0.4) is 0 Å². The molecule has 1 heterocycles. The Morgan fingerprint density at radius 1 is 1.41 bits per heavy atom. The van der Waals surface area contributed by atoms with E-state index in [2.05, 4.69) is 6.58 Å². The van der Waals surface area contributed by atoms with Gasteiger partial charge < -0.3 is 14.2 Å². The first kappa shape index (κ1) is 13.8. The number of ether oxygens (including phenoxy) is 3. The van der Waals surface area contributed by atoms with E-state index in [0.717, 1.165) is 19.3 Å². The number of fused-ring (bicyclic) bond motifs is 1. The van der Waals surface area contributed by atoms with Crippen LogP contribution in [0.25, 0.3) is 0 Å². The lowest BCUT2D eigenvalue weighted by Gasteiger charge is -2.53. The second kappa shape index (κ2) is 4.33. The molecule has 6 nitrogen and oxygen atoms in total. The van der Waals surface area contributed by atoms with Crippen molar-refractivity contribution in [2.75, 3.05) is 6.61 Å². The molecule has 4 rings (SSSR count). The van der Waals surface area contributed by atoms with Crippen molar-refractivity contribution in [3.63, 3.8) is 0 Å². The fourth-order valence-corrected chi connectivity index (χ4v) is 5.09. The highest BCUT2D eigenvalue weighted by molar-refractivity contribution is 5.88. The Morgan fingerprint density at radius 2 is 2.18 bits per heavy atom. The van der Waals surface area contributed by atoms with Crippen LogP contribution in [0.1, 0.15) is 26.2 Å². The summed E-state index contributed by atoms with van der Waals surface area (Å²) in [6, 6.07) is 0. The zero-order valence-corrected chi connectivity index (χ0v) is 12.4.